The Kier molecular flexibility index (Phi) is 3.72. The van der Waals surface area contributed by atoms with E-state index in [0.717, 1.165) is 0 Å². The van der Waals surface area contributed by atoms with E-state index in [9.17, 15) is 14.4 Å². The van der Waals surface area contributed by atoms with Gasteiger partial charge in [-0.25, -0.2) is 0 Å². The molecule has 18 heavy (non-hydrogen) atoms. The minimum Gasteiger partial charge on any atom is -0.491 e. The zero-order valence-electron chi connectivity index (χ0n) is 9.80. The lowest BCUT2D eigenvalue weighted by molar-refractivity contribution is -0.138. The second-order valence-electron chi connectivity index (χ2n) is 3.94. The molecule has 5 nitrogen and oxygen atoms in total. The van der Waals surface area contributed by atoms with Crippen molar-refractivity contribution in [3.63, 3.8) is 0 Å². The third kappa shape index (κ3) is 2.56. The Morgan fingerprint density at radius 3 is 2.50 bits per heavy atom. The van der Waals surface area contributed by atoms with E-state index < -0.39 is 0 Å². The normalized spacial score (nSPS) is 15.0. The number of nitrogens with zero attached hydrogens (tertiary/aromatic N) is 1. The molecule has 2 amide bonds. The topological polar surface area (TPSA) is 63.7 Å². The molecule has 0 aliphatic carbocycles. The van der Waals surface area contributed by atoms with Gasteiger partial charge in [0.2, 0.25) is 11.8 Å². The van der Waals surface area contributed by atoms with Gasteiger partial charge in [0.1, 0.15) is 12.4 Å². The Bertz CT molecular complexity index is 468. The summed E-state index contributed by atoms with van der Waals surface area (Å²) in [5.41, 5.74) is 0.455. The summed E-state index contributed by atoms with van der Waals surface area (Å²) in [6.07, 6.45) is 1.27. The van der Waals surface area contributed by atoms with E-state index in [1.807, 2.05) is 0 Å². The molecule has 0 aromatic heterocycles. The summed E-state index contributed by atoms with van der Waals surface area (Å²) >= 11 is 0. The number of aldehydes is 1. The van der Waals surface area contributed by atoms with Crippen molar-refractivity contribution in [1.29, 1.82) is 0 Å². The number of amides is 2. The smallest absolute Gasteiger partial charge is 0.229 e. The SMILES string of the molecule is O=Cc1ccccc1OCCN1C(=O)CCC1=O. The van der Waals surface area contributed by atoms with Crippen molar-refractivity contribution in [2.24, 2.45) is 0 Å². The van der Waals surface area contributed by atoms with Gasteiger partial charge in [0.05, 0.1) is 12.1 Å². The summed E-state index contributed by atoms with van der Waals surface area (Å²) < 4.78 is 5.41. The monoisotopic (exact) mass is 247 g/mol. The number of imide groups is 1. The van der Waals surface area contributed by atoms with Crippen LogP contribution in [-0.4, -0.2) is 36.2 Å². The molecule has 94 valence electrons. The van der Waals surface area contributed by atoms with Crippen LogP contribution in [0.5, 0.6) is 5.75 Å². The van der Waals surface area contributed by atoms with Crippen LogP contribution in [0.3, 0.4) is 0 Å². The number of carbonyl (C=O) groups excluding carboxylic acids is 3. The van der Waals surface area contributed by atoms with Gasteiger partial charge in [-0.05, 0) is 12.1 Å². The average molecular weight is 247 g/mol. The molecule has 5 heteroatoms. The van der Waals surface area contributed by atoms with Crippen LogP contribution in [0.4, 0.5) is 0 Å². The van der Waals surface area contributed by atoms with Crippen LogP contribution in [0.15, 0.2) is 24.3 Å². The highest BCUT2D eigenvalue weighted by Gasteiger charge is 2.28. The predicted molar refractivity (Wildman–Crippen MR) is 63.3 cm³/mol. The molecule has 1 aromatic carbocycles. The van der Waals surface area contributed by atoms with Crippen LogP contribution in [0.25, 0.3) is 0 Å². The Morgan fingerprint density at radius 1 is 1.17 bits per heavy atom. The molecule has 0 unspecified atom stereocenters. The largest absolute Gasteiger partial charge is 0.491 e. The zero-order valence-corrected chi connectivity index (χ0v) is 9.80. The lowest BCUT2D eigenvalue weighted by atomic mass is 10.2. The molecule has 1 aliphatic rings. The highest BCUT2D eigenvalue weighted by atomic mass is 16.5. The van der Waals surface area contributed by atoms with Crippen LogP contribution < -0.4 is 4.74 Å². The highest BCUT2D eigenvalue weighted by molar-refractivity contribution is 6.01. The first-order chi connectivity index (χ1) is 8.72. The van der Waals surface area contributed by atoms with E-state index in [0.29, 0.717) is 17.6 Å². The van der Waals surface area contributed by atoms with E-state index >= 15 is 0 Å². The summed E-state index contributed by atoms with van der Waals surface area (Å²) in [7, 11) is 0. The molecule has 0 saturated carbocycles. The van der Waals surface area contributed by atoms with Crippen molar-refractivity contribution in [2.45, 2.75) is 12.8 Å². The van der Waals surface area contributed by atoms with Crippen LogP contribution in [-0.2, 0) is 9.59 Å². The molecule has 0 bridgehead atoms. The first kappa shape index (κ1) is 12.3. The fourth-order valence-corrected chi connectivity index (χ4v) is 1.83. The van der Waals surface area contributed by atoms with Crippen molar-refractivity contribution in [1.82, 2.24) is 4.90 Å². The minimum absolute atomic E-state index is 0.160. The quantitative estimate of drug-likeness (QED) is 0.575. The highest BCUT2D eigenvalue weighted by Crippen LogP contribution is 2.16. The Balaban J connectivity index is 1.90. The molecular weight excluding hydrogens is 234 g/mol. The Labute approximate surface area is 104 Å². The maximum absolute atomic E-state index is 11.3. The summed E-state index contributed by atoms with van der Waals surface area (Å²) in [4.78, 5) is 34.6. The van der Waals surface area contributed by atoms with Crippen LogP contribution in [0, 0.1) is 0 Å². The maximum atomic E-state index is 11.3. The number of hydrogen-bond donors (Lipinski definition) is 0. The third-order valence-electron chi connectivity index (χ3n) is 2.77. The molecule has 0 radical (unpaired) electrons. The van der Waals surface area contributed by atoms with Crippen molar-refractivity contribution in [2.75, 3.05) is 13.2 Å². The fraction of sp³-hybridized carbons (Fsp3) is 0.308. The van der Waals surface area contributed by atoms with Gasteiger partial charge in [0.25, 0.3) is 0 Å². The Morgan fingerprint density at radius 2 is 1.83 bits per heavy atom. The Hall–Kier alpha value is -2.17. The summed E-state index contributed by atoms with van der Waals surface area (Å²) in [6, 6.07) is 6.82. The van der Waals surface area contributed by atoms with Crippen molar-refractivity contribution in [3.05, 3.63) is 29.8 Å². The van der Waals surface area contributed by atoms with Gasteiger partial charge in [0, 0.05) is 12.8 Å². The molecule has 1 saturated heterocycles. The summed E-state index contributed by atoms with van der Waals surface area (Å²) in [5, 5.41) is 0. The lowest BCUT2D eigenvalue weighted by Gasteiger charge is -2.14. The van der Waals surface area contributed by atoms with E-state index in [4.69, 9.17) is 4.74 Å². The molecular formula is C13H13NO4. The molecule has 1 aromatic rings. The summed E-state index contributed by atoms with van der Waals surface area (Å²) in [6.45, 7) is 0.424. The van der Waals surface area contributed by atoms with Gasteiger partial charge in [-0.2, -0.15) is 0 Å². The second kappa shape index (κ2) is 5.44. The zero-order chi connectivity index (χ0) is 13.0. The van der Waals surface area contributed by atoms with Gasteiger partial charge in [-0.3, -0.25) is 19.3 Å². The van der Waals surface area contributed by atoms with Gasteiger partial charge in [-0.1, -0.05) is 12.1 Å². The van der Waals surface area contributed by atoms with Gasteiger partial charge in [-0.15, -0.1) is 0 Å². The number of ether oxygens (including phenoxy) is 1. The fourth-order valence-electron chi connectivity index (χ4n) is 1.83. The molecule has 0 N–H and O–H groups in total. The first-order valence-corrected chi connectivity index (χ1v) is 5.72. The third-order valence-corrected chi connectivity index (χ3v) is 2.77. The number of rotatable bonds is 5. The van der Waals surface area contributed by atoms with Crippen LogP contribution in [0.2, 0.25) is 0 Å². The predicted octanol–water partition coefficient (Wildman–Crippen LogP) is 1.03. The number of carbonyl (C=O) groups is 3. The minimum atomic E-state index is -0.160. The van der Waals surface area contributed by atoms with E-state index in [1.54, 1.807) is 24.3 Å². The summed E-state index contributed by atoms with van der Waals surface area (Å²) in [5.74, 6) is 0.145. The molecule has 1 fully saturated rings. The molecule has 1 heterocycles. The molecule has 2 rings (SSSR count). The maximum Gasteiger partial charge on any atom is 0.229 e. The average Bonchev–Trinajstić information content (AvgIpc) is 2.71. The van der Waals surface area contributed by atoms with Gasteiger partial charge in [0.15, 0.2) is 6.29 Å². The van der Waals surface area contributed by atoms with E-state index in [2.05, 4.69) is 0 Å². The van der Waals surface area contributed by atoms with Crippen molar-refractivity contribution < 1.29 is 19.1 Å². The van der Waals surface area contributed by atoms with E-state index in [1.165, 1.54) is 4.90 Å². The first-order valence-electron chi connectivity index (χ1n) is 5.72. The number of hydrogen-bond acceptors (Lipinski definition) is 4. The standard InChI is InChI=1S/C13H13NO4/c15-9-10-3-1-2-4-11(10)18-8-7-14-12(16)5-6-13(14)17/h1-4,9H,5-8H2. The van der Waals surface area contributed by atoms with Crippen LogP contribution in [0.1, 0.15) is 23.2 Å². The van der Waals surface area contributed by atoms with E-state index in [-0.39, 0.29) is 37.8 Å². The van der Waals surface area contributed by atoms with Crippen molar-refractivity contribution in [3.8, 4) is 5.75 Å². The second-order valence-corrected chi connectivity index (χ2v) is 3.94. The lowest BCUT2D eigenvalue weighted by Crippen LogP contribution is -2.33. The number of para-hydroxylation sites is 1. The van der Waals surface area contributed by atoms with Crippen molar-refractivity contribution >= 4 is 18.1 Å². The van der Waals surface area contributed by atoms with Gasteiger partial charge >= 0.3 is 0 Å². The van der Waals surface area contributed by atoms with Crippen LogP contribution >= 0.6 is 0 Å². The molecule has 0 atom stereocenters. The van der Waals surface area contributed by atoms with Gasteiger partial charge < -0.3 is 4.74 Å². The molecule has 0 spiro atoms. The number of benzene rings is 1. The number of likely N-dealkylation sites (tertiary alicyclic amines) is 1. The molecule has 1 aliphatic heterocycles.